The molecule has 11 nitrogen and oxygen atoms in total. The molecular formula is C31H19BrFN5O6. The number of para-hydroxylation sites is 1. The second kappa shape index (κ2) is 11.9. The van der Waals surface area contributed by atoms with Crippen molar-refractivity contribution in [3.8, 4) is 17.3 Å². The third kappa shape index (κ3) is 5.94. The summed E-state index contributed by atoms with van der Waals surface area (Å²) in [7, 11) is 0. The van der Waals surface area contributed by atoms with Gasteiger partial charge < -0.3 is 14.5 Å². The molecule has 6 aromatic rings. The van der Waals surface area contributed by atoms with Gasteiger partial charge in [-0.25, -0.2) is 9.37 Å². The minimum Gasteiger partial charge on any atom is -0.483 e. The molecule has 2 aromatic heterocycles. The fraction of sp³-hybridized carbons (Fsp3) is 0.0323. The van der Waals surface area contributed by atoms with E-state index in [1.54, 1.807) is 36.4 Å². The van der Waals surface area contributed by atoms with E-state index in [2.05, 4.69) is 31.3 Å². The van der Waals surface area contributed by atoms with Crippen LogP contribution in [0.4, 0.5) is 15.8 Å². The smallest absolute Gasteiger partial charge is 0.282 e. The van der Waals surface area contributed by atoms with Gasteiger partial charge in [0.15, 0.2) is 12.4 Å². The third-order valence-electron chi connectivity index (χ3n) is 6.44. The van der Waals surface area contributed by atoms with Crippen LogP contribution >= 0.6 is 15.9 Å². The zero-order valence-electron chi connectivity index (χ0n) is 22.4. The first kappa shape index (κ1) is 28.4. The summed E-state index contributed by atoms with van der Waals surface area (Å²) in [4.78, 5) is 41.7. The van der Waals surface area contributed by atoms with Gasteiger partial charge in [0.05, 0.1) is 22.0 Å². The van der Waals surface area contributed by atoms with Crippen LogP contribution in [0.25, 0.3) is 33.5 Å². The Morgan fingerprint density at radius 3 is 2.75 bits per heavy atom. The SMILES string of the molecule is O=C(COc1ccc([N+](=O)[O-])cc1C=Nn1c(-c2cc3cc(Br)ccc3o2)nc2ccccc2c1=O)Nc1cccc(F)c1. The molecule has 2 heterocycles. The van der Waals surface area contributed by atoms with Gasteiger partial charge in [-0.1, -0.05) is 34.1 Å². The van der Waals surface area contributed by atoms with Gasteiger partial charge >= 0.3 is 0 Å². The minimum atomic E-state index is -0.598. The maximum atomic E-state index is 13.6. The first-order valence-electron chi connectivity index (χ1n) is 13.0. The van der Waals surface area contributed by atoms with Crippen LogP contribution in [0.15, 0.2) is 110 Å². The Balaban J connectivity index is 1.39. The van der Waals surface area contributed by atoms with Crippen molar-refractivity contribution in [2.45, 2.75) is 0 Å². The number of fused-ring (bicyclic) bond motifs is 2. The summed E-state index contributed by atoms with van der Waals surface area (Å²) in [5.74, 6) is -0.676. The van der Waals surface area contributed by atoms with Crippen molar-refractivity contribution in [2.75, 3.05) is 11.9 Å². The molecule has 0 aliphatic rings. The fourth-order valence-corrected chi connectivity index (χ4v) is 4.80. The number of ether oxygens (including phenoxy) is 1. The number of nitrogens with one attached hydrogen (secondary N) is 1. The number of hydrogen-bond acceptors (Lipinski definition) is 8. The fourth-order valence-electron chi connectivity index (χ4n) is 4.42. The highest BCUT2D eigenvalue weighted by molar-refractivity contribution is 9.10. The molecule has 1 N–H and O–H groups in total. The van der Waals surface area contributed by atoms with Crippen molar-refractivity contribution in [2.24, 2.45) is 5.10 Å². The van der Waals surface area contributed by atoms with Gasteiger partial charge in [0, 0.05) is 33.2 Å². The highest BCUT2D eigenvalue weighted by atomic mass is 79.9. The number of benzene rings is 4. The summed E-state index contributed by atoms with van der Waals surface area (Å²) >= 11 is 3.43. The van der Waals surface area contributed by atoms with Crippen LogP contribution in [0, 0.1) is 15.9 Å². The zero-order chi connectivity index (χ0) is 30.8. The number of carbonyl (C=O) groups excluding carboxylic acids is 1. The van der Waals surface area contributed by atoms with Crippen molar-refractivity contribution in [1.82, 2.24) is 9.66 Å². The van der Waals surface area contributed by atoms with Gasteiger partial charge in [-0.05, 0) is 60.7 Å². The number of carbonyl (C=O) groups is 1. The van der Waals surface area contributed by atoms with E-state index in [1.165, 1.54) is 42.6 Å². The molecule has 1 amide bonds. The molecule has 0 radical (unpaired) electrons. The molecule has 4 aromatic carbocycles. The predicted octanol–water partition coefficient (Wildman–Crippen LogP) is 6.52. The van der Waals surface area contributed by atoms with Crippen molar-refractivity contribution in [1.29, 1.82) is 0 Å². The second-order valence-electron chi connectivity index (χ2n) is 9.43. The number of nitro benzene ring substituents is 1. The number of anilines is 1. The number of furan rings is 1. The number of nitro groups is 1. The Morgan fingerprint density at radius 2 is 1.93 bits per heavy atom. The van der Waals surface area contributed by atoms with Gasteiger partial charge in [0.2, 0.25) is 5.82 Å². The minimum absolute atomic E-state index is 0.0747. The maximum absolute atomic E-state index is 13.6. The number of rotatable bonds is 8. The van der Waals surface area contributed by atoms with Gasteiger partial charge in [-0.2, -0.15) is 9.78 Å². The third-order valence-corrected chi connectivity index (χ3v) is 6.93. The molecule has 0 fully saturated rings. The lowest BCUT2D eigenvalue weighted by Crippen LogP contribution is -2.21. The quantitative estimate of drug-likeness (QED) is 0.112. The molecule has 0 atom stereocenters. The number of non-ortho nitro benzene ring substituents is 1. The van der Waals surface area contributed by atoms with Gasteiger partial charge in [0.25, 0.3) is 17.2 Å². The topological polar surface area (TPSA) is 142 Å². The van der Waals surface area contributed by atoms with Gasteiger partial charge in [-0.15, -0.1) is 0 Å². The lowest BCUT2D eigenvalue weighted by atomic mass is 10.2. The molecule has 218 valence electrons. The number of hydrogen-bond donors (Lipinski definition) is 1. The summed E-state index contributed by atoms with van der Waals surface area (Å²) in [6, 6.07) is 23.0. The molecule has 6 rings (SSSR count). The molecule has 0 saturated heterocycles. The van der Waals surface area contributed by atoms with E-state index < -0.39 is 28.8 Å². The average Bonchev–Trinajstić information content (AvgIpc) is 3.43. The van der Waals surface area contributed by atoms with E-state index in [9.17, 15) is 24.1 Å². The first-order valence-corrected chi connectivity index (χ1v) is 13.8. The number of nitrogens with zero attached hydrogens (tertiary/aromatic N) is 4. The highest BCUT2D eigenvalue weighted by Crippen LogP contribution is 2.29. The summed E-state index contributed by atoms with van der Waals surface area (Å²) in [5, 5.41) is 19.4. The van der Waals surface area contributed by atoms with Crippen LogP contribution in [0.5, 0.6) is 5.75 Å². The Labute approximate surface area is 255 Å². The second-order valence-corrected chi connectivity index (χ2v) is 10.3. The summed E-state index contributed by atoms with van der Waals surface area (Å²) < 4.78 is 27.0. The van der Waals surface area contributed by atoms with Crippen molar-refractivity contribution in [3.05, 3.63) is 127 Å². The lowest BCUT2D eigenvalue weighted by molar-refractivity contribution is -0.384. The van der Waals surface area contributed by atoms with E-state index in [4.69, 9.17) is 9.15 Å². The van der Waals surface area contributed by atoms with Gasteiger partial charge in [0.1, 0.15) is 17.1 Å². The normalized spacial score (nSPS) is 11.3. The Bertz CT molecular complexity index is 2180. The highest BCUT2D eigenvalue weighted by Gasteiger charge is 2.18. The molecule has 0 aliphatic carbocycles. The summed E-state index contributed by atoms with van der Waals surface area (Å²) in [6.45, 7) is -0.494. The first-order chi connectivity index (χ1) is 21.2. The molecule has 13 heteroatoms. The molecule has 0 bridgehead atoms. The van der Waals surface area contributed by atoms with Crippen LogP contribution in [0.3, 0.4) is 0 Å². The standard InChI is InChI=1S/C31H19BrFN5O6/c32-20-8-10-27-18(12-20)14-28(44-27)30-36-25-7-2-1-6-24(25)31(40)37(30)34-16-19-13-23(38(41)42)9-11-26(19)43-17-29(39)35-22-5-3-4-21(33)15-22/h1-16H,17H2,(H,35,39). The lowest BCUT2D eigenvalue weighted by Gasteiger charge is -2.10. The van der Waals surface area contributed by atoms with Gasteiger partial charge in [-0.3, -0.25) is 19.7 Å². The molecule has 0 unspecified atom stereocenters. The van der Waals surface area contributed by atoms with Crippen LogP contribution in [0.1, 0.15) is 5.56 Å². The number of aromatic nitrogens is 2. The maximum Gasteiger partial charge on any atom is 0.282 e. The number of amides is 1. The van der Waals surface area contributed by atoms with Crippen LogP contribution < -0.4 is 15.6 Å². The van der Waals surface area contributed by atoms with Crippen molar-refractivity contribution < 1.29 is 23.3 Å². The summed E-state index contributed by atoms with van der Waals surface area (Å²) in [6.07, 6.45) is 1.20. The molecular weight excluding hydrogens is 637 g/mol. The average molecular weight is 656 g/mol. The number of halogens is 2. The molecule has 44 heavy (non-hydrogen) atoms. The molecule has 0 spiro atoms. The largest absolute Gasteiger partial charge is 0.483 e. The summed E-state index contributed by atoms with van der Waals surface area (Å²) in [5.41, 5.74) is 0.548. The van der Waals surface area contributed by atoms with Crippen LogP contribution in [0.2, 0.25) is 0 Å². The van der Waals surface area contributed by atoms with Crippen LogP contribution in [-0.4, -0.2) is 33.3 Å². The van der Waals surface area contributed by atoms with E-state index in [0.717, 1.165) is 20.6 Å². The van der Waals surface area contributed by atoms with E-state index >= 15 is 0 Å². The van der Waals surface area contributed by atoms with Crippen molar-refractivity contribution in [3.63, 3.8) is 0 Å². The van der Waals surface area contributed by atoms with Crippen LogP contribution in [-0.2, 0) is 4.79 Å². The Morgan fingerprint density at radius 1 is 1.09 bits per heavy atom. The predicted molar refractivity (Wildman–Crippen MR) is 166 cm³/mol. The molecule has 0 aliphatic heterocycles. The monoisotopic (exact) mass is 655 g/mol. The van der Waals surface area contributed by atoms with E-state index in [0.29, 0.717) is 11.1 Å². The zero-order valence-corrected chi connectivity index (χ0v) is 24.0. The molecule has 0 saturated carbocycles. The van der Waals surface area contributed by atoms with E-state index in [-0.39, 0.29) is 39.7 Å². The van der Waals surface area contributed by atoms with E-state index in [1.807, 2.05) is 12.1 Å². The Hall–Kier alpha value is -5.69. The Kier molecular flexibility index (Phi) is 7.69. The van der Waals surface area contributed by atoms with Crippen molar-refractivity contribution >= 4 is 61.3 Å².